The fourth-order valence-electron chi connectivity index (χ4n) is 9.44. The summed E-state index contributed by atoms with van der Waals surface area (Å²) in [5, 5.41) is 43.6. The quantitative estimate of drug-likeness (QED) is 0.114. The lowest BCUT2D eigenvalue weighted by molar-refractivity contribution is 0.0420. The summed E-state index contributed by atoms with van der Waals surface area (Å²) >= 11 is 0. The second-order valence-corrected chi connectivity index (χ2v) is 18.1. The molecule has 0 unspecified atom stereocenters. The molecule has 0 atom stereocenters. The van der Waals surface area contributed by atoms with Crippen LogP contribution in [0, 0.1) is 36.5 Å². The number of piperidine rings is 2. The second kappa shape index (κ2) is 22.5. The second-order valence-electron chi connectivity index (χ2n) is 18.1. The molecular weight excluding hydrogens is 898 g/mol. The largest absolute Gasteiger partial charge is 0.478 e. The van der Waals surface area contributed by atoms with E-state index in [4.69, 9.17) is 10.5 Å². The molecule has 4 aromatic carbocycles. The van der Waals surface area contributed by atoms with Gasteiger partial charge in [-0.05, 0) is 147 Å². The molecule has 1 amide bonds. The number of nitrogens with one attached hydrogen (secondary N) is 3. The number of aryl methyl sites for hydroxylation is 2. The third-order valence-corrected chi connectivity index (χ3v) is 14.0. The maximum absolute atomic E-state index is 15.7. The van der Waals surface area contributed by atoms with Crippen LogP contribution in [0.4, 0.5) is 8.78 Å². The van der Waals surface area contributed by atoms with Crippen LogP contribution in [0.25, 0.3) is 22.8 Å². The molecule has 69 heavy (non-hydrogen) atoms. The number of alkyl halides is 2. The summed E-state index contributed by atoms with van der Waals surface area (Å²) in [7, 11) is 0. The maximum Gasteiger partial charge on any atom is 0.335 e. The highest BCUT2D eigenvalue weighted by Gasteiger charge is 2.38. The van der Waals surface area contributed by atoms with Crippen molar-refractivity contribution in [3.8, 4) is 34.9 Å². The van der Waals surface area contributed by atoms with Crippen LogP contribution in [0.3, 0.4) is 0 Å². The van der Waals surface area contributed by atoms with Crippen LogP contribution in [0.1, 0.15) is 149 Å². The van der Waals surface area contributed by atoms with Crippen molar-refractivity contribution < 1.29 is 23.5 Å². The molecule has 0 bridgehead atoms. The van der Waals surface area contributed by atoms with Crippen LogP contribution in [-0.4, -0.2) is 78.4 Å². The maximum atomic E-state index is 15.7. The van der Waals surface area contributed by atoms with Gasteiger partial charge in [-0.1, -0.05) is 56.7 Å². The number of aromatic amines is 2. The van der Waals surface area contributed by atoms with Gasteiger partial charge in [-0.25, -0.2) is 23.5 Å². The van der Waals surface area contributed by atoms with Crippen molar-refractivity contribution in [3.05, 3.63) is 141 Å². The molecule has 2 aromatic heterocycles. The number of halogens is 3. The first-order chi connectivity index (χ1) is 32.4. The zero-order valence-corrected chi connectivity index (χ0v) is 39.0. The Morgan fingerprint density at radius 2 is 1.10 bits per heavy atom. The van der Waals surface area contributed by atoms with Gasteiger partial charge < -0.3 is 15.3 Å². The predicted octanol–water partition coefficient (Wildman–Crippen LogP) is 10.9. The summed E-state index contributed by atoms with van der Waals surface area (Å²) in [4.78, 5) is 35.0. The van der Waals surface area contributed by atoms with E-state index in [1.165, 1.54) is 36.6 Å². The Kier molecular flexibility index (Phi) is 16.8. The lowest BCUT2D eigenvalue weighted by Crippen LogP contribution is -2.43. The number of H-pyrrole nitrogens is 2. The number of likely N-dealkylation sites (tertiary alicyclic amines) is 1. The molecule has 2 saturated heterocycles. The average Bonchev–Trinajstić information content (AvgIpc) is 4.05. The van der Waals surface area contributed by atoms with E-state index in [1.54, 1.807) is 59.5 Å². The molecule has 4 heterocycles. The zero-order valence-electron chi connectivity index (χ0n) is 38.2. The van der Waals surface area contributed by atoms with Gasteiger partial charge in [0.15, 0.2) is 11.6 Å². The van der Waals surface area contributed by atoms with Gasteiger partial charge in [0.2, 0.25) is 0 Å². The van der Waals surface area contributed by atoms with Gasteiger partial charge in [0.1, 0.15) is 24.0 Å². The summed E-state index contributed by atoms with van der Waals surface area (Å²) in [5.74, 6) is 1.34. The SMILES string of the molecule is C.Cc1cc(C2CCC2)c(-c2ncn[nH]2)cc1C(=O)N1CCC(F)(c2ccc(C#N)cc2)CC1.Cc1cc(C2CCC2)c(-c2ncn[nH]2)cc1C(=O)O.Cl.N#Cc1ccc(C2(F)CCNCC2)cc1. The van der Waals surface area contributed by atoms with Crippen LogP contribution in [0.5, 0.6) is 0 Å². The third-order valence-electron chi connectivity index (χ3n) is 14.0. The van der Waals surface area contributed by atoms with Gasteiger partial charge in [0.25, 0.3) is 5.91 Å². The van der Waals surface area contributed by atoms with Crippen molar-refractivity contribution in [1.29, 1.82) is 10.5 Å². The standard InChI is InChI=1S/C26H26FN5O.C14H15N3O2.C12H13FN2.CH4.ClH/c1-17-13-22(19-3-2-4-19)23(24-29-16-30-31-24)14-21(17)25(33)32-11-9-26(27,10-12-32)20-7-5-18(15-28)6-8-20;1-8-5-11(9-3-2-4-9)12(6-10(8)14(18)19)13-15-7-16-17-13;13-12(5-7-15-8-6-12)11-3-1-10(9-14)2-4-11;;/h5-8,13-14,16,19H,2-4,9-12H2,1H3,(H,29,30,31);5-7,9H,2-4H2,1H3,(H,18,19)(H,15,16,17);1-4,15H,5-8H2;1H4;1H. The molecule has 2 aliphatic heterocycles. The van der Waals surface area contributed by atoms with E-state index in [0.717, 1.165) is 61.0 Å². The van der Waals surface area contributed by atoms with E-state index in [-0.39, 0.29) is 38.6 Å². The Bertz CT molecular complexity index is 2770. The summed E-state index contributed by atoms with van der Waals surface area (Å²) in [5.41, 5.74) is 6.57. The summed E-state index contributed by atoms with van der Waals surface area (Å²) in [6, 6.07) is 25.3. The Morgan fingerprint density at radius 3 is 1.48 bits per heavy atom. The molecule has 0 radical (unpaired) electrons. The first-order valence-electron chi connectivity index (χ1n) is 23.0. The Morgan fingerprint density at radius 1 is 0.681 bits per heavy atom. The summed E-state index contributed by atoms with van der Waals surface area (Å²) < 4.78 is 30.1. The van der Waals surface area contributed by atoms with Gasteiger partial charge in [-0.2, -0.15) is 20.7 Å². The van der Waals surface area contributed by atoms with Crippen LogP contribution in [0.2, 0.25) is 0 Å². The van der Waals surface area contributed by atoms with Crippen LogP contribution in [-0.2, 0) is 11.3 Å². The number of carboxylic acids is 1. The van der Waals surface area contributed by atoms with Gasteiger partial charge >= 0.3 is 5.97 Å². The van der Waals surface area contributed by atoms with Crippen molar-refractivity contribution in [2.75, 3.05) is 26.2 Å². The van der Waals surface area contributed by atoms with Gasteiger partial charge in [0, 0.05) is 42.6 Å². The van der Waals surface area contributed by atoms with E-state index < -0.39 is 17.3 Å². The fourth-order valence-corrected chi connectivity index (χ4v) is 9.44. The number of aromatic nitrogens is 6. The zero-order chi connectivity index (χ0) is 47.1. The molecule has 360 valence electrons. The van der Waals surface area contributed by atoms with E-state index in [0.29, 0.717) is 82.8 Å². The number of nitrogens with zero attached hydrogens (tertiary/aromatic N) is 7. The minimum atomic E-state index is -1.49. The number of benzene rings is 4. The number of amides is 1. The number of carboxylic acid groups (broad SMARTS) is 1. The predicted molar refractivity (Wildman–Crippen MR) is 262 cm³/mol. The molecule has 16 heteroatoms. The Hall–Kier alpha value is -6.81. The Labute approximate surface area is 408 Å². The van der Waals surface area contributed by atoms with Crippen molar-refractivity contribution in [2.24, 2.45) is 0 Å². The number of hydrogen-bond donors (Lipinski definition) is 4. The molecule has 10 rings (SSSR count). The van der Waals surface area contributed by atoms with E-state index >= 15 is 4.39 Å². The monoisotopic (exact) mass is 956 g/mol. The normalized spacial score (nSPS) is 17.0. The molecule has 0 spiro atoms. The lowest BCUT2D eigenvalue weighted by atomic mass is 9.77. The lowest BCUT2D eigenvalue weighted by Gasteiger charge is -2.37. The average molecular weight is 958 g/mol. The highest BCUT2D eigenvalue weighted by Crippen LogP contribution is 2.44. The minimum Gasteiger partial charge on any atom is -0.478 e. The third kappa shape index (κ3) is 11.4. The Balaban J connectivity index is 0.000000184. The highest BCUT2D eigenvalue weighted by molar-refractivity contribution is 5.97. The molecule has 6 aromatic rings. The number of aromatic carboxylic acids is 1. The fraction of sp³-hybridized carbons (Fsp3) is 0.396. The van der Waals surface area contributed by atoms with E-state index in [1.807, 2.05) is 32.0 Å². The topological polar surface area (TPSA) is 200 Å². The first kappa shape index (κ1) is 51.6. The molecule has 2 aliphatic carbocycles. The van der Waals surface area contributed by atoms with Crippen molar-refractivity contribution in [1.82, 2.24) is 40.6 Å². The molecule has 4 aliphatic rings. The number of carbonyl (C=O) groups excluding carboxylic acids is 1. The molecular formula is C53H59ClF2N10O3. The molecule has 13 nitrogen and oxygen atoms in total. The summed E-state index contributed by atoms with van der Waals surface area (Å²) in [6.07, 6.45) is 11.5. The van der Waals surface area contributed by atoms with Crippen molar-refractivity contribution in [2.45, 2.75) is 109 Å². The molecule has 4 fully saturated rings. The molecule has 4 N–H and O–H groups in total. The molecule has 2 saturated carbocycles. The highest BCUT2D eigenvalue weighted by atomic mass is 35.5. The van der Waals surface area contributed by atoms with Crippen LogP contribution in [0.15, 0.2) is 85.5 Å². The smallest absolute Gasteiger partial charge is 0.335 e. The first-order valence-corrected chi connectivity index (χ1v) is 23.0. The van der Waals surface area contributed by atoms with E-state index in [2.05, 4.69) is 47.8 Å². The number of hydrogen-bond acceptors (Lipinski definition) is 9. The number of rotatable bonds is 8. The van der Waals surface area contributed by atoms with Crippen molar-refractivity contribution in [3.63, 3.8) is 0 Å². The van der Waals surface area contributed by atoms with Gasteiger partial charge in [-0.15, -0.1) is 12.4 Å². The van der Waals surface area contributed by atoms with Crippen LogP contribution >= 0.6 is 12.4 Å². The minimum absolute atomic E-state index is 0. The number of nitriles is 2. The van der Waals surface area contributed by atoms with Crippen LogP contribution < -0.4 is 5.32 Å². The van der Waals surface area contributed by atoms with E-state index in [9.17, 15) is 19.1 Å². The summed E-state index contributed by atoms with van der Waals surface area (Å²) in [6.45, 7) is 5.94. The van der Waals surface area contributed by atoms with Crippen molar-refractivity contribution >= 4 is 24.3 Å². The van der Waals surface area contributed by atoms with Gasteiger partial charge in [-0.3, -0.25) is 15.0 Å². The van der Waals surface area contributed by atoms with Gasteiger partial charge in [0.05, 0.1) is 28.8 Å². The number of carbonyl (C=O) groups is 2.